The van der Waals surface area contributed by atoms with Crippen molar-refractivity contribution in [2.24, 2.45) is 0 Å². The molecule has 1 N–H and O–H groups in total. The molecular formula is C19H20N2O. The Morgan fingerprint density at radius 1 is 0.955 bits per heavy atom. The lowest BCUT2D eigenvalue weighted by molar-refractivity contribution is 0.281. The van der Waals surface area contributed by atoms with E-state index in [4.69, 9.17) is 5.10 Å². The van der Waals surface area contributed by atoms with E-state index in [1.54, 1.807) is 0 Å². The Hall–Kier alpha value is -2.39. The summed E-state index contributed by atoms with van der Waals surface area (Å²) in [5, 5.41) is 14.7. The van der Waals surface area contributed by atoms with Gasteiger partial charge >= 0.3 is 0 Å². The maximum atomic E-state index is 9.89. The van der Waals surface area contributed by atoms with Gasteiger partial charge < -0.3 is 5.11 Å². The van der Waals surface area contributed by atoms with Crippen molar-refractivity contribution in [2.75, 3.05) is 0 Å². The van der Waals surface area contributed by atoms with Crippen LogP contribution in [-0.4, -0.2) is 14.9 Å². The number of rotatable bonds is 5. The highest BCUT2D eigenvalue weighted by atomic mass is 16.3. The van der Waals surface area contributed by atoms with Crippen molar-refractivity contribution in [1.82, 2.24) is 9.78 Å². The molecule has 0 fully saturated rings. The van der Waals surface area contributed by atoms with Crippen LogP contribution in [0.2, 0.25) is 0 Å². The maximum Gasteiger partial charge on any atom is 0.0985 e. The second-order valence-corrected chi connectivity index (χ2v) is 5.30. The summed E-state index contributed by atoms with van der Waals surface area (Å²) in [7, 11) is 0. The first-order valence-corrected chi connectivity index (χ1v) is 7.67. The predicted molar refractivity (Wildman–Crippen MR) is 88.9 cm³/mol. The van der Waals surface area contributed by atoms with Gasteiger partial charge in [0.05, 0.1) is 23.7 Å². The smallest absolute Gasteiger partial charge is 0.0985 e. The number of benzene rings is 2. The molecule has 3 rings (SSSR count). The molecule has 3 heteroatoms. The van der Waals surface area contributed by atoms with Gasteiger partial charge in [0.15, 0.2) is 0 Å². The van der Waals surface area contributed by atoms with Crippen molar-refractivity contribution >= 4 is 0 Å². The molecule has 0 amide bonds. The molecule has 0 saturated heterocycles. The molecule has 3 nitrogen and oxygen atoms in total. The quantitative estimate of drug-likeness (QED) is 0.772. The first-order valence-electron chi connectivity index (χ1n) is 7.67. The van der Waals surface area contributed by atoms with Crippen LogP contribution in [0.4, 0.5) is 0 Å². The first kappa shape index (κ1) is 14.5. The predicted octanol–water partition coefficient (Wildman–Crippen LogP) is 3.98. The summed E-state index contributed by atoms with van der Waals surface area (Å²) in [6.07, 6.45) is 1.91. The SMILES string of the molecule is CCCc1c(CO)c(-c2ccccc2)nn1-c1ccccc1. The summed E-state index contributed by atoms with van der Waals surface area (Å²) in [5.41, 5.74) is 4.96. The van der Waals surface area contributed by atoms with E-state index in [1.165, 1.54) is 0 Å². The van der Waals surface area contributed by atoms with Crippen LogP contribution in [0, 0.1) is 0 Å². The second-order valence-electron chi connectivity index (χ2n) is 5.30. The lowest BCUT2D eigenvalue weighted by Crippen LogP contribution is -2.03. The number of hydrogen-bond donors (Lipinski definition) is 1. The standard InChI is InChI=1S/C19H20N2O/c1-2-9-18-17(14-22)19(15-10-5-3-6-11-15)20-21(18)16-12-7-4-8-13-16/h3-8,10-13,22H,2,9,14H2,1H3. The third kappa shape index (κ3) is 2.68. The normalized spacial score (nSPS) is 10.8. The van der Waals surface area contributed by atoms with Gasteiger partial charge in [-0.15, -0.1) is 0 Å². The number of nitrogens with zero attached hydrogens (tertiary/aromatic N) is 2. The average molecular weight is 292 g/mol. The highest BCUT2D eigenvalue weighted by molar-refractivity contribution is 5.64. The molecule has 0 radical (unpaired) electrons. The van der Waals surface area contributed by atoms with Crippen molar-refractivity contribution in [3.05, 3.63) is 71.9 Å². The molecule has 0 aliphatic rings. The van der Waals surface area contributed by atoms with E-state index in [2.05, 4.69) is 6.92 Å². The molecule has 3 aromatic rings. The van der Waals surface area contributed by atoms with Gasteiger partial charge in [0.1, 0.15) is 0 Å². The van der Waals surface area contributed by atoms with Crippen molar-refractivity contribution in [3.8, 4) is 16.9 Å². The zero-order valence-electron chi connectivity index (χ0n) is 12.7. The lowest BCUT2D eigenvalue weighted by atomic mass is 10.0. The minimum Gasteiger partial charge on any atom is -0.392 e. The topological polar surface area (TPSA) is 38.1 Å². The molecule has 0 unspecified atom stereocenters. The van der Waals surface area contributed by atoms with Crippen LogP contribution < -0.4 is 0 Å². The number of aromatic nitrogens is 2. The van der Waals surface area contributed by atoms with Crippen LogP contribution in [0.1, 0.15) is 24.6 Å². The number of aliphatic hydroxyl groups is 1. The second kappa shape index (κ2) is 6.58. The van der Waals surface area contributed by atoms with Gasteiger partial charge in [-0.2, -0.15) is 5.10 Å². The van der Waals surface area contributed by atoms with E-state index >= 15 is 0 Å². The Kier molecular flexibility index (Phi) is 4.35. The number of hydrogen-bond acceptors (Lipinski definition) is 2. The lowest BCUT2D eigenvalue weighted by Gasteiger charge is -2.07. The van der Waals surface area contributed by atoms with E-state index in [0.29, 0.717) is 0 Å². The monoisotopic (exact) mass is 292 g/mol. The van der Waals surface area contributed by atoms with Gasteiger partial charge in [-0.3, -0.25) is 0 Å². The molecule has 1 aromatic heterocycles. The van der Waals surface area contributed by atoms with Gasteiger partial charge in [0.25, 0.3) is 0 Å². The zero-order chi connectivity index (χ0) is 15.4. The Labute approximate surface area is 130 Å². The van der Waals surface area contributed by atoms with Crippen LogP contribution in [0.15, 0.2) is 60.7 Å². The van der Waals surface area contributed by atoms with Crippen molar-refractivity contribution in [1.29, 1.82) is 0 Å². The summed E-state index contributed by atoms with van der Waals surface area (Å²) in [6.45, 7) is 2.15. The Morgan fingerprint density at radius 3 is 2.18 bits per heavy atom. The molecule has 0 aliphatic carbocycles. The zero-order valence-corrected chi connectivity index (χ0v) is 12.7. The highest BCUT2D eigenvalue weighted by Gasteiger charge is 2.18. The summed E-state index contributed by atoms with van der Waals surface area (Å²) in [4.78, 5) is 0. The number of para-hydroxylation sites is 1. The van der Waals surface area contributed by atoms with Gasteiger partial charge in [-0.05, 0) is 18.6 Å². The average Bonchev–Trinajstić information content (AvgIpc) is 2.95. The number of aliphatic hydroxyl groups excluding tert-OH is 1. The van der Waals surface area contributed by atoms with E-state index in [0.717, 1.165) is 41.0 Å². The minimum atomic E-state index is 0.00634. The van der Waals surface area contributed by atoms with E-state index in [-0.39, 0.29) is 6.61 Å². The first-order chi connectivity index (χ1) is 10.8. The van der Waals surface area contributed by atoms with E-state index in [1.807, 2.05) is 65.3 Å². The molecule has 0 saturated carbocycles. The fourth-order valence-electron chi connectivity index (χ4n) is 2.76. The van der Waals surface area contributed by atoms with E-state index < -0.39 is 0 Å². The Balaban J connectivity index is 2.20. The molecule has 1 heterocycles. The Morgan fingerprint density at radius 2 is 1.59 bits per heavy atom. The van der Waals surface area contributed by atoms with Crippen LogP contribution in [-0.2, 0) is 13.0 Å². The molecule has 0 spiro atoms. The summed E-state index contributed by atoms with van der Waals surface area (Å²) >= 11 is 0. The molecule has 2 aromatic carbocycles. The molecular weight excluding hydrogens is 272 g/mol. The fourth-order valence-corrected chi connectivity index (χ4v) is 2.76. The van der Waals surface area contributed by atoms with Gasteiger partial charge in [-0.25, -0.2) is 4.68 Å². The molecule has 0 aliphatic heterocycles. The summed E-state index contributed by atoms with van der Waals surface area (Å²) in [5.74, 6) is 0. The molecule has 0 bridgehead atoms. The van der Waals surface area contributed by atoms with Crippen LogP contribution >= 0.6 is 0 Å². The maximum absolute atomic E-state index is 9.89. The molecule has 22 heavy (non-hydrogen) atoms. The summed E-state index contributed by atoms with van der Waals surface area (Å²) in [6, 6.07) is 20.2. The van der Waals surface area contributed by atoms with Gasteiger partial charge in [0.2, 0.25) is 0 Å². The van der Waals surface area contributed by atoms with E-state index in [9.17, 15) is 5.11 Å². The van der Waals surface area contributed by atoms with Gasteiger partial charge in [0, 0.05) is 11.1 Å². The highest BCUT2D eigenvalue weighted by Crippen LogP contribution is 2.28. The van der Waals surface area contributed by atoms with Crippen LogP contribution in [0.3, 0.4) is 0 Å². The third-order valence-corrected chi connectivity index (χ3v) is 3.78. The molecule has 112 valence electrons. The van der Waals surface area contributed by atoms with Crippen LogP contribution in [0.5, 0.6) is 0 Å². The Bertz CT molecular complexity index is 733. The van der Waals surface area contributed by atoms with Crippen LogP contribution in [0.25, 0.3) is 16.9 Å². The minimum absolute atomic E-state index is 0.00634. The van der Waals surface area contributed by atoms with Crippen molar-refractivity contribution in [3.63, 3.8) is 0 Å². The molecule has 0 atom stereocenters. The van der Waals surface area contributed by atoms with Crippen molar-refractivity contribution in [2.45, 2.75) is 26.4 Å². The largest absolute Gasteiger partial charge is 0.392 e. The third-order valence-electron chi connectivity index (χ3n) is 3.78. The van der Waals surface area contributed by atoms with Crippen molar-refractivity contribution < 1.29 is 5.11 Å². The van der Waals surface area contributed by atoms with Gasteiger partial charge in [-0.1, -0.05) is 61.9 Å². The summed E-state index contributed by atoms with van der Waals surface area (Å²) < 4.78 is 1.97. The fraction of sp³-hybridized carbons (Fsp3) is 0.211.